The fourth-order valence-electron chi connectivity index (χ4n) is 2.59. The van der Waals surface area contributed by atoms with Crippen LogP contribution in [0.2, 0.25) is 0 Å². The van der Waals surface area contributed by atoms with Crippen molar-refractivity contribution in [2.75, 3.05) is 20.3 Å². The maximum Gasteiger partial charge on any atom is 0.416 e. The number of alkyl halides is 4. The number of methoxy groups -OCH3 is 1. The van der Waals surface area contributed by atoms with Crippen molar-refractivity contribution in [1.29, 1.82) is 0 Å². The molecule has 1 unspecified atom stereocenters. The van der Waals surface area contributed by atoms with Gasteiger partial charge in [-0.2, -0.15) is 21.6 Å². The lowest BCUT2D eigenvalue weighted by atomic mass is 10.2. The van der Waals surface area contributed by atoms with Crippen LogP contribution in [0.3, 0.4) is 0 Å². The summed E-state index contributed by atoms with van der Waals surface area (Å²) in [6.07, 6.45) is -4.68. The molecule has 2 rings (SSSR count). The Balaban J connectivity index is 2.15. The van der Waals surface area contributed by atoms with Gasteiger partial charge in [0.05, 0.1) is 12.2 Å². The fourth-order valence-corrected chi connectivity index (χ4v) is 3.71. The van der Waals surface area contributed by atoms with E-state index in [0.29, 0.717) is 24.8 Å². The third kappa shape index (κ3) is 7.12. The summed E-state index contributed by atoms with van der Waals surface area (Å²) in [6, 6.07) is 9.08. The molecule has 0 aliphatic carbocycles. The maximum atomic E-state index is 12.8. The lowest BCUT2D eigenvalue weighted by Crippen LogP contribution is -2.37. The van der Waals surface area contributed by atoms with Gasteiger partial charge >= 0.3 is 16.3 Å². The summed E-state index contributed by atoms with van der Waals surface area (Å²) in [5.41, 5.74) is -0.424. The molecule has 0 saturated heterocycles. The van der Waals surface area contributed by atoms with Gasteiger partial charge < -0.3 is 13.8 Å². The van der Waals surface area contributed by atoms with Gasteiger partial charge in [-0.3, -0.25) is 4.79 Å². The Kier molecular flexibility index (Phi) is 8.33. The van der Waals surface area contributed by atoms with E-state index in [4.69, 9.17) is 20.5 Å². The van der Waals surface area contributed by atoms with Crippen LogP contribution in [-0.2, 0) is 32.4 Å². The Bertz CT molecular complexity index is 995. The van der Waals surface area contributed by atoms with Crippen LogP contribution in [0, 0.1) is 0 Å². The first kappa shape index (κ1) is 25.0. The summed E-state index contributed by atoms with van der Waals surface area (Å²) >= 11 is 5.87. The first-order chi connectivity index (χ1) is 14.4. The molecule has 0 radical (unpaired) electrons. The summed E-state index contributed by atoms with van der Waals surface area (Å²) in [4.78, 5) is 13.1. The van der Waals surface area contributed by atoms with Gasteiger partial charge in [-0.25, -0.2) is 0 Å². The molecular weight excluding hydrogens is 459 g/mol. The third-order valence-electron chi connectivity index (χ3n) is 4.17. The number of ether oxygens (including phenoxy) is 1. The van der Waals surface area contributed by atoms with Crippen molar-refractivity contribution in [3.8, 4) is 5.75 Å². The SMILES string of the molecule is COCCN(Cc1ccc(OS(=O)(=O)c2cccc(C(F)(F)F)c2)cc1)C(=O)C(C)Cl. The fraction of sp³-hybridized carbons (Fsp3) is 0.350. The zero-order chi connectivity index (χ0) is 23.2. The Morgan fingerprint density at radius 2 is 1.81 bits per heavy atom. The summed E-state index contributed by atoms with van der Waals surface area (Å²) in [5, 5.41) is -0.725. The minimum absolute atomic E-state index is 0.0818. The molecule has 0 aliphatic heterocycles. The number of nitrogens with zero attached hydrogens (tertiary/aromatic N) is 1. The summed E-state index contributed by atoms with van der Waals surface area (Å²) < 4.78 is 73.2. The number of hydrogen-bond acceptors (Lipinski definition) is 5. The monoisotopic (exact) mass is 479 g/mol. The number of rotatable bonds is 9. The van der Waals surface area contributed by atoms with Gasteiger partial charge in [-0.15, -0.1) is 11.6 Å². The van der Waals surface area contributed by atoms with Crippen molar-refractivity contribution >= 4 is 27.6 Å². The van der Waals surface area contributed by atoms with Gasteiger partial charge in [0.25, 0.3) is 0 Å². The van der Waals surface area contributed by atoms with Gasteiger partial charge in [0.1, 0.15) is 16.0 Å². The van der Waals surface area contributed by atoms with Crippen LogP contribution in [0.5, 0.6) is 5.75 Å². The quantitative estimate of drug-likeness (QED) is 0.400. The van der Waals surface area contributed by atoms with Crippen LogP contribution in [0.15, 0.2) is 53.4 Å². The molecule has 0 aliphatic rings. The number of carbonyl (C=O) groups excluding carboxylic acids is 1. The number of hydrogen-bond donors (Lipinski definition) is 0. The topological polar surface area (TPSA) is 72.9 Å². The van der Waals surface area contributed by atoms with Crippen LogP contribution in [0.4, 0.5) is 13.2 Å². The molecule has 170 valence electrons. The van der Waals surface area contributed by atoms with E-state index in [1.165, 1.54) is 24.1 Å². The molecule has 2 aromatic carbocycles. The normalized spacial score (nSPS) is 13.0. The molecule has 1 amide bonds. The van der Waals surface area contributed by atoms with E-state index < -0.39 is 32.1 Å². The predicted molar refractivity (Wildman–Crippen MR) is 108 cm³/mol. The van der Waals surface area contributed by atoms with Crippen LogP contribution in [0.1, 0.15) is 18.1 Å². The van der Waals surface area contributed by atoms with E-state index in [-0.39, 0.29) is 18.2 Å². The van der Waals surface area contributed by atoms with E-state index in [1.807, 2.05) is 0 Å². The zero-order valence-electron chi connectivity index (χ0n) is 16.7. The molecule has 0 spiro atoms. The minimum atomic E-state index is -4.68. The minimum Gasteiger partial charge on any atom is -0.383 e. The molecule has 0 fully saturated rings. The van der Waals surface area contributed by atoms with Gasteiger partial charge in [0.15, 0.2) is 0 Å². The third-order valence-corrected chi connectivity index (χ3v) is 5.60. The largest absolute Gasteiger partial charge is 0.416 e. The first-order valence-corrected chi connectivity index (χ1v) is 10.9. The number of amides is 1. The van der Waals surface area contributed by atoms with Gasteiger partial charge in [0.2, 0.25) is 5.91 Å². The Hall–Kier alpha value is -2.30. The number of carbonyl (C=O) groups is 1. The van der Waals surface area contributed by atoms with Crippen LogP contribution in [-0.4, -0.2) is 44.9 Å². The van der Waals surface area contributed by atoms with E-state index in [1.54, 1.807) is 19.1 Å². The summed E-state index contributed by atoms with van der Waals surface area (Å²) in [7, 11) is -2.96. The van der Waals surface area contributed by atoms with Crippen LogP contribution >= 0.6 is 11.6 Å². The second-order valence-corrected chi connectivity index (χ2v) is 8.78. The summed E-state index contributed by atoms with van der Waals surface area (Å²) in [6.45, 7) is 2.39. The van der Waals surface area contributed by atoms with Gasteiger partial charge in [-0.1, -0.05) is 18.2 Å². The van der Waals surface area contributed by atoms with E-state index in [0.717, 1.165) is 18.2 Å². The van der Waals surface area contributed by atoms with Crippen molar-refractivity contribution < 1.29 is 35.3 Å². The predicted octanol–water partition coefficient (Wildman–Crippen LogP) is 4.08. The van der Waals surface area contributed by atoms with E-state index >= 15 is 0 Å². The molecule has 0 aromatic heterocycles. The highest BCUT2D eigenvalue weighted by molar-refractivity contribution is 7.87. The molecule has 6 nitrogen and oxygen atoms in total. The Morgan fingerprint density at radius 3 is 2.35 bits per heavy atom. The van der Waals surface area contributed by atoms with Crippen molar-refractivity contribution in [1.82, 2.24) is 4.90 Å². The zero-order valence-corrected chi connectivity index (χ0v) is 18.3. The van der Waals surface area contributed by atoms with Crippen molar-refractivity contribution in [2.45, 2.75) is 29.9 Å². The standard InChI is InChI=1S/C20H21ClF3NO5S/c1-14(21)19(26)25(10-11-29-2)13-15-6-8-17(9-7-15)30-31(27,28)18-5-3-4-16(12-18)20(22,23)24/h3-9,12,14H,10-11,13H2,1-2H3. The number of halogens is 4. The molecule has 31 heavy (non-hydrogen) atoms. The Labute approximate surface area is 183 Å². The molecule has 0 saturated carbocycles. The molecule has 11 heteroatoms. The smallest absolute Gasteiger partial charge is 0.383 e. The average molecular weight is 480 g/mol. The highest BCUT2D eigenvalue weighted by Crippen LogP contribution is 2.31. The molecule has 2 aromatic rings. The van der Waals surface area contributed by atoms with E-state index in [9.17, 15) is 26.4 Å². The molecule has 0 bridgehead atoms. The van der Waals surface area contributed by atoms with Crippen LogP contribution in [0.25, 0.3) is 0 Å². The average Bonchev–Trinajstić information content (AvgIpc) is 2.71. The van der Waals surface area contributed by atoms with Crippen molar-refractivity contribution in [2.24, 2.45) is 0 Å². The van der Waals surface area contributed by atoms with Gasteiger partial charge in [-0.05, 0) is 42.8 Å². The highest BCUT2D eigenvalue weighted by atomic mass is 35.5. The molecule has 0 heterocycles. The second kappa shape index (κ2) is 10.3. The van der Waals surface area contributed by atoms with Crippen molar-refractivity contribution in [3.05, 3.63) is 59.7 Å². The molecular formula is C20H21ClF3NO5S. The molecule has 0 N–H and O–H groups in total. The number of benzene rings is 2. The Morgan fingerprint density at radius 1 is 1.16 bits per heavy atom. The van der Waals surface area contributed by atoms with Gasteiger partial charge in [0, 0.05) is 20.2 Å². The van der Waals surface area contributed by atoms with E-state index in [2.05, 4.69) is 0 Å². The first-order valence-electron chi connectivity index (χ1n) is 9.06. The van der Waals surface area contributed by atoms with Crippen molar-refractivity contribution in [3.63, 3.8) is 0 Å². The highest BCUT2D eigenvalue weighted by Gasteiger charge is 2.32. The maximum absolute atomic E-state index is 12.8. The second-order valence-electron chi connectivity index (χ2n) is 6.58. The lowest BCUT2D eigenvalue weighted by molar-refractivity contribution is -0.137. The lowest BCUT2D eigenvalue weighted by Gasteiger charge is -2.23. The summed E-state index contributed by atoms with van der Waals surface area (Å²) in [5.74, 6) is -0.368. The molecule has 1 atom stereocenters. The van der Waals surface area contributed by atoms with Crippen LogP contribution < -0.4 is 4.18 Å².